The van der Waals surface area contributed by atoms with Crippen LogP contribution >= 0.6 is 0 Å². The average molecular weight is 405 g/mol. The SMILES string of the molecule is C[C@H](NC(=O)OC(C)(C)C)c1nc2cccc(C(F)F)c2c(=O)n1-c1ccn[nH]1. The number of alkyl halides is 2. The van der Waals surface area contributed by atoms with Crippen LogP contribution in [0.4, 0.5) is 13.6 Å². The topological polar surface area (TPSA) is 102 Å². The Hall–Kier alpha value is -3.30. The fourth-order valence-corrected chi connectivity index (χ4v) is 2.90. The number of rotatable bonds is 4. The quantitative estimate of drug-likeness (QED) is 0.690. The van der Waals surface area contributed by atoms with Crippen molar-refractivity contribution in [2.24, 2.45) is 0 Å². The molecule has 1 atom stereocenters. The lowest BCUT2D eigenvalue weighted by atomic mass is 10.1. The van der Waals surface area contributed by atoms with Gasteiger partial charge in [-0.15, -0.1) is 0 Å². The minimum atomic E-state index is -2.84. The fourth-order valence-electron chi connectivity index (χ4n) is 2.90. The van der Waals surface area contributed by atoms with Gasteiger partial charge in [0.2, 0.25) is 0 Å². The zero-order chi connectivity index (χ0) is 21.3. The summed E-state index contributed by atoms with van der Waals surface area (Å²) in [7, 11) is 0. The third-order valence-corrected chi connectivity index (χ3v) is 4.04. The van der Waals surface area contributed by atoms with Gasteiger partial charge in [0, 0.05) is 11.6 Å². The Morgan fingerprint density at radius 1 is 1.28 bits per heavy atom. The number of carbonyl (C=O) groups is 1. The van der Waals surface area contributed by atoms with Gasteiger partial charge in [0.15, 0.2) is 0 Å². The number of aromatic nitrogens is 4. The van der Waals surface area contributed by atoms with Gasteiger partial charge in [-0.25, -0.2) is 23.1 Å². The molecular weight excluding hydrogens is 384 g/mol. The maximum atomic E-state index is 13.5. The summed E-state index contributed by atoms with van der Waals surface area (Å²) in [6.45, 7) is 6.77. The van der Waals surface area contributed by atoms with Crippen molar-refractivity contribution in [1.82, 2.24) is 25.1 Å². The van der Waals surface area contributed by atoms with Crippen molar-refractivity contribution < 1.29 is 18.3 Å². The van der Waals surface area contributed by atoms with Gasteiger partial charge >= 0.3 is 6.09 Å². The van der Waals surface area contributed by atoms with Crippen LogP contribution in [0.25, 0.3) is 16.7 Å². The molecule has 1 aromatic carbocycles. The second-order valence-electron chi connectivity index (χ2n) is 7.46. The van der Waals surface area contributed by atoms with Gasteiger partial charge in [-0.05, 0) is 33.8 Å². The standard InChI is InChI=1S/C19H21F2N5O3/c1-10(23-18(28)29-19(2,3)4)16-24-12-7-5-6-11(15(20)21)14(12)17(27)26(16)13-8-9-22-25-13/h5-10,15H,1-4H3,(H,22,25)(H,23,28)/t10-/m0/s1. The Morgan fingerprint density at radius 3 is 2.59 bits per heavy atom. The first-order valence-corrected chi connectivity index (χ1v) is 8.91. The van der Waals surface area contributed by atoms with Crippen LogP contribution in [0.3, 0.4) is 0 Å². The number of carbonyl (C=O) groups excluding carboxylic acids is 1. The van der Waals surface area contributed by atoms with E-state index in [2.05, 4.69) is 20.5 Å². The molecule has 2 aromatic heterocycles. The number of benzene rings is 1. The molecule has 0 aliphatic heterocycles. The first kappa shape index (κ1) is 20.4. The van der Waals surface area contributed by atoms with Crippen molar-refractivity contribution in [2.75, 3.05) is 0 Å². The van der Waals surface area contributed by atoms with E-state index in [1.807, 2.05) is 0 Å². The molecule has 154 valence electrons. The Kier molecular flexibility index (Phi) is 5.36. The Bertz CT molecular complexity index is 1090. The predicted octanol–water partition coefficient (Wildman–Crippen LogP) is 3.63. The van der Waals surface area contributed by atoms with E-state index < -0.39 is 35.3 Å². The van der Waals surface area contributed by atoms with E-state index in [4.69, 9.17) is 4.74 Å². The smallest absolute Gasteiger partial charge is 0.408 e. The monoisotopic (exact) mass is 405 g/mol. The Morgan fingerprint density at radius 2 is 2.00 bits per heavy atom. The number of hydrogen-bond acceptors (Lipinski definition) is 5. The minimum absolute atomic E-state index is 0.108. The van der Waals surface area contributed by atoms with E-state index >= 15 is 0 Å². The molecule has 1 amide bonds. The van der Waals surface area contributed by atoms with E-state index in [1.165, 1.54) is 30.5 Å². The summed E-state index contributed by atoms with van der Waals surface area (Å²) in [6, 6.07) is 4.82. The van der Waals surface area contributed by atoms with Crippen LogP contribution in [-0.4, -0.2) is 31.4 Å². The number of hydrogen-bond donors (Lipinski definition) is 2. The molecule has 0 fully saturated rings. The first-order valence-electron chi connectivity index (χ1n) is 8.91. The highest BCUT2D eigenvalue weighted by Crippen LogP contribution is 2.26. The number of ether oxygens (including phenoxy) is 1. The zero-order valence-electron chi connectivity index (χ0n) is 16.4. The van der Waals surface area contributed by atoms with Gasteiger partial charge in [0.25, 0.3) is 12.0 Å². The van der Waals surface area contributed by atoms with Gasteiger partial charge < -0.3 is 10.1 Å². The molecule has 0 unspecified atom stereocenters. The molecule has 2 heterocycles. The lowest BCUT2D eigenvalue weighted by Gasteiger charge is -2.23. The number of nitrogens with zero attached hydrogens (tertiary/aromatic N) is 3. The molecule has 2 N–H and O–H groups in total. The number of fused-ring (bicyclic) bond motifs is 1. The fraction of sp³-hybridized carbons (Fsp3) is 0.368. The van der Waals surface area contributed by atoms with Crippen molar-refractivity contribution >= 4 is 17.0 Å². The molecule has 8 nitrogen and oxygen atoms in total. The van der Waals surface area contributed by atoms with E-state index in [1.54, 1.807) is 27.7 Å². The molecule has 3 rings (SSSR count). The van der Waals surface area contributed by atoms with E-state index in [0.717, 1.165) is 4.57 Å². The summed E-state index contributed by atoms with van der Waals surface area (Å²) in [5.41, 5.74) is -1.71. The molecular formula is C19H21F2N5O3. The van der Waals surface area contributed by atoms with Crippen molar-refractivity contribution in [3.8, 4) is 5.82 Å². The van der Waals surface area contributed by atoms with Crippen molar-refractivity contribution in [1.29, 1.82) is 0 Å². The number of nitrogens with one attached hydrogen (secondary N) is 2. The number of halogens is 2. The summed E-state index contributed by atoms with van der Waals surface area (Å²) < 4.78 is 33.3. The number of aromatic amines is 1. The maximum absolute atomic E-state index is 13.5. The normalized spacial score (nSPS) is 12.9. The van der Waals surface area contributed by atoms with Crippen molar-refractivity contribution in [3.05, 3.63) is 52.2 Å². The molecule has 0 radical (unpaired) electrons. The second-order valence-corrected chi connectivity index (χ2v) is 7.46. The highest BCUT2D eigenvalue weighted by atomic mass is 19.3. The molecule has 3 aromatic rings. The largest absolute Gasteiger partial charge is 0.444 e. The van der Waals surface area contributed by atoms with Crippen molar-refractivity contribution in [3.63, 3.8) is 0 Å². The van der Waals surface area contributed by atoms with Crippen LogP contribution in [0.2, 0.25) is 0 Å². The van der Waals surface area contributed by atoms with Crippen LogP contribution < -0.4 is 10.9 Å². The van der Waals surface area contributed by atoms with Crippen LogP contribution in [0.1, 0.15) is 51.6 Å². The summed E-state index contributed by atoms with van der Waals surface area (Å²) >= 11 is 0. The molecule has 10 heteroatoms. The average Bonchev–Trinajstić information content (AvgIpc) is 3.13. The molecule has 0 saturated carbocycles. The molecule has 29 heavy (non-hydrogen) atoms. The van der Waals surface area contributed by atoms with E-state index in [-0.39, 0.29) is 22.5 Å². The number of H-pyrrole nitrogens is 1. The lowest BCUT2D eigenvalue weighted by molar-refractivity contribution is 0.0505. The number of alkyl carbamates (subject to hydrolysis) is 1. The third-order valence-electron chi connectivity index (χ3n) is 4.04. The lowest BCUT2D eigenvalue weighted by Crippen LogP contribution is -2.37. The van der Waals surface area contributed by atoms with Crippen LogP contribution in [0, 0.1) is 0 Å². The van der Waals surface area contributed by atoms with Crippen LogP contribution in [-0.2, 0) is 4.74 Å². The summed E-state index contributed by atoms with van der Waals surface area (Å²) in [4.78, 5) is 29.8. The second kappa shape index (κ2) is 7.61. The van der Waals surface area contributed by atoms with Gasteiger partial charge in [0.05, 0.1) is 23.1 Å². The molecule has 0 saturated heterocycles. The van der Waals surface area contributed by atoms with Gasteiger partial charge in [-0.2, -0.15) is 5.10 Å². The molecule has 0 aliphatic carbocycles. The van der Waals surface area contributed by atoms with Crippen molar-refractivity contribution in [2.45, 2.75) is 45.8 Å². The van der Waals surface area contributed by atoms with Gasteiger partial charge in [-0.3, -0.25) is 9.89 Å². The predicted molar refractivity (Wildman–Crippen MR) is 102 cm³/mol. The minimum Gasteiger partial charge on any atom is -0.444 e. The maximum Gasteiger partial charge on any atom is 0.408 e. The van der Waals surface area contributed by atoms with Gasteiger partial charge in [-0.1, -0.05) is 12.1 Å². The molecule has 0 spiro atoms. The number of amides is 1. The molecule has 0 bridgehead atoms. The highest BCUT2D eigenvalue weighted by molar-refractivity contribution is 5.82. The molecule has 0 aliphatic rings. The third kappa shape index (κ3) is 4.25. The zero-order valence-corrected chi connectivity index (χ0v) is 16.4. The highest BCUT2D eigenvalue weighted by Gasteiger charge is 2.25. The summed E-state index contributed by atoms with van der Waals surface area (Å²) in [5, 5.41) is 8.88. The first-order chi connectivity index (χ1) is 13.6. The summed E-state index contributed by atoms with van der Waals surface area (Å²) in [5.74, 6) is 0.380. The Balaban J connectivity index is 2.17. The summed E-state index contributed by atoms with van der Waals surface area (Å²) in [6.07, 6.45) is -2.12. The van der Waals surface area contributed by atoms with Crippen LogP contribution in [0.5, 0.6) is 0 Å². The van der Waals surface area contributed by atoms with Crippen LogP contribution in [0.15, 0.2) is 35.3 Å². The van der Waals surface area contributed by atoms with E-state index in [9.17, 15) is 18.4 Å². The Labute approximate surface area is 164 Å². The van der Waals surface area contributed by atoms with Gasteiger partial charge in [0.1, 0.15) is 17.2 Å². The van der Waals surface area contributed by atoms with E-state index in [0.29, 0.717) is 0 Å².